The first-order valence-electron chi connectivity index (χ1n) is 5.64. The van der Waals surface area contributed by atoms with Gasteiger partial charge in [-0.05, 0) is 18.2 Å². The van der Waals surface area contributed by atoms with Crippen molar-refractivity contribution in [3.63, 3.8) is 0 Å². The van der Waals surface area contributed by atoms with Crippen LogP contribution in [0.15, 0.2) is 36.7 Å². The maximum Gasteiger partial charge on any atom is 0.354 e. The van der Waals surface area contributed by atoms with Gasteiger partial charge in [-0.2, -0.15) is 10.4 Å². The predicted molar refractivity (Wildman–Crippen MR) is 67.9 cm³/mol. The summed E-state index contributed by atoms with van der Waals surface area (Å²) in [5, 5.41) is 22.2. The highest BCUT2D eigenvalue weighted by molar-refractivity contribution is 5.87. The van der Waals surface area contributed by atoms with Gasteiger partial charge in [0.15, 0.2) is 11.3 Å². The quantitative estimate of drug-likeness (QED) is 0.750. The zero-order valence-corrected chi connectivity index (χ0v) is 10.1. The largest absolute Gasteiger partial charge is 0.477 e. The Morgan fingerprint density at radius 3 is 2.90 bits per heavy atom. The summed E-state index contributed by atoms with van der Waals surface area (Å²) in [6.07, 6.45) is 2.94. The second-order valence-electron chi connectivity index (χ2n) is 3.95. The molecule has 0 atom stereocenters. The van der Waals surface area contributed by atoms with Crippen molar-refractivity contribution < 1.29 is 9.90 Å². The van der Waals surface area contributed by atoms with Crippen molar-refractivity contribution in [3.05, 3.63) is 47.9 Å². The van der Waals surface area contributed by atoms with Gasteiger partial charge in [-0.1, -0.05) is 6.07 Å². The lowest BCUT2D eigenvalue weighted by Crippen LogP contribution is -2.06. The number of aromatic nitrogens is 4. The zero-order valence-electron chi connectivity index (χ0n) is 10.1. The summed E-state index contributed by atoms with van der Waals surface area (Å²) in [6, 6.07) is 8.58. The molecule has 0 aliphatic rings. The minimum Gasteiger partial charge on any atom is -0.477 e. The van der Waals surface area contributed by atoms with E-state index in [4.69, 9.17) is 10.4 Å². The number of hydrogen-bond donors (Lipinski definition) is 1. The molecule has 96 valence electrons. The molecule has 0 aliphatic heterocycles. The van der Waals surface area contributed by atoms with Crippen molar-refractivity contribution in [2.24, 2.45) is 0 Å². The Morgan fingerprint density at radius 1 is 1.40 bits per heavy atom. The van der Waals surface area contributed by atoms with Crippen molar-refractivity contribution in [1.29, 1.82) is 5.26 Å². The van der Waals surface area contributed by atoms with Gasteiger partial charge >= 0.3 is 5.97 Å². The van der Waals surface area contributed by atoms with Crippen LogP contribution in [-0.4, -0.2) is 30.7 Å². The van der Waals surface area contributed by atoms with E-state index in [0.29, 0.717) is 11.4 Å². The smallest absolute Gasteiger partial charge is 0.354 e. The highest BCUT2D eigenvalue weighted by atomic mass is 16.4. The van der Waals surface area contributed by atoms with Gasteiger partial charge in [0, 0.05) is 6.20 Å². The molecule has 0 radical (unpaired) electrons. The maximum atomic E-state index is 11.2. The average molecular weight is 265 g/mol. The van der Waals surface area contributed by atoms with E-state index < -0.39 is 5.97 Å². The van der Waals surface area contributed by atoms with Gasteiger partial charge in [-0.3, -0.25) is 4.98 Å². The van der Waals surface area contributed by atoms with Gasteiger partial charge in [-0.15, -0.1) is 0 Å². The first-order chi connectivity index (χ1) is 9.70. The molecule has 0 amide bonds. The van der Waals surface area contributed by atoms with Crippen LogP contribution in [0.1, 0.15) is 16.1 Å². The van der Waals surface area contributed by atoms with Crippen molar-refractivity contribution in [1.82, 2.24) is 19.6 Å². The molecular formula is C13H7N5O2. The topological polar surface area (TPSA) is 104 Å². The Hall–Kier alpha value is -3.27. The van der Waals surface area contributed by atoms with Crippen LogP contribution in [0.4, 0.5) is 0 Å². The van der Waals surface area contributed by atoms with Crippen LogP contribution in [0, 0.1) is 11.3 Å². The molecule has 7 nitrogen and oxygen atoms in total. The van der Waals surface area contributed by atoms with Crippen molar-refractivity contribution in [2.45, 2.75) is 0 Å². The van der Waals surface area contributed by atoms with E-state index in [2.05, 4.69) is 15.1 Å². The molecule has 0 aromatic carbocycles. The molecule has 3 aromatic rings. The summed E-state index contributed by atoms with van der Waals surface area (Å²) >= 11 is 0. The van der Waals surface area contributed by atoms with Gasteiger partial charge in [0.05, 0.1) is 17.6 Å². The van der Waals surface area contributed by atoms with Gasteiger partial charge in [0.1, 0.15) is 11.6 Å². The molecule has 3 heterocycles. The van der Waals surface area contributed by atoms with E-state index >= 15 is 0 Å². The fraction of sp³-hybridized carbons (Fsp3) is 0. The van der Waals surface area contributed by atoms with Crippen LogP contribution in [0.3, 0.4) is 0 Å². The molecule has 20 heavy (non-hydrogen) atoms. The van der Waals surface area contributed by atoms with Crippen LogP contribution in [0.2, 0.25) is 0 Å². The molecule has 0 spiro atoms. The third-order valence-corrected chi connectivity index (χ3v) is 2.74. The van der Waals surface area contributed by atoms with E-state index in [9.17, 15) is 4.79 Å². The number of carboxylic acid groups (broad SMARTS) is 1. The summed E-state index contributed by atoms with van der Waals surface area (Å²) in [4.78, 5) is 19.3. The van der Waals surface area contributed by atoms with E-state index in [1.54, 1.807) is 24.4 Å². The lowest BCUT2D eigenvalue weighted by atomic mass is 10.2. The lowest BCUT2D eigenvalue weighted by Gasteiger charge is -2.05. The molecule has 0 saturated carbocycles. The van der Waals surface area contributed by atoms with Gasteiger partial charge in [-0.25, -0.2) is 14.3 Å². The van der Waals surface area contributed by atoms with Crippen molar-refractivity contribution >= 4 is 11.6 Å². The standard InChI is InChI=1S/C13H7N5O2/c14-6-8-7-16-18-11(9-3-1-2-4-15-9)5-10(13(19)20)17-12(8)18/h1-5,7H,(H,19,20). The number of pyridine rings is 1. The van der Waals surface area contributed by atoms with E-state index in [-0.39, 0.29) is 16.9 Å². The summed E-state index contributed by atoms with van der Waals surface area (Å²) in [5.74, 6) is -1.17. The van der Waals surface area contributed by atoms with Crippen LogP contribution < -0.4 is 0 Å². The highest BCUT2D eigenvalue weighted by Gasteiger charge is 2.16. The number of nitriles is 1. The molecule has 0 bridgehead atoms. The predicted octanol–water partition coefficient (Wildman–Crippen LogP) is 1.36. The molecule has 0 aliphatic carbocycles. The van der Waals surface area contributed by atoms with Crippen molar-refractivity contribution in [3.8, 4) is 17.5 Å². The molecule has 0 unspecified atom stereocenters. The number of rotatable bonds is 2. The number of aromatic carboxylic acids is 1. The Labute approximate surface area is 112 Å². The third kappa shape index (κ3) is 1.76. The number of carbonyl (C=O) groups is 1. The fourth-order valence-corrected chi connectivity index (χ4v) is 1.85. The summed E-state index contributed by atoms with van der Waals surface area (Å²) in [6.45, 7) is 0. The summed E-state index contributed by atoms with van der Waals surface area (Å²) in [7, 11) is 0. The van der Waals surface area contributed by atoms with Crippen molar-refractivity contribution in [2.75, 3.05) is 0 Å². The monoisotopic (exact) mass is 265 g/mol. The minimum absolute atomic E-state index is 0.157. The molecule has 7 heteroatoms. The van der Waals surface area contributed by atoms with Crippen LogP contribution in [0.5, 0.6) is 0 Å². The van der Waals surface area contributed by atoms with Gasteiger partial charge in [0.2, 0.25) is 0 Å². The van der Waals surface area contributed by atoms with Crippen LogP contribution in [0.25, 0.3) is 17.0 Å². The summed E-state index contributed by atoms with van der Waals surface area (Å²) in [5.41, 5.74) is 1.28. The molecule has 3 rings (SSSR count). The lowest BCUT2D eigenvalue weighted by molar-refractivity contribution is 0.0690. The first-order valence-corrected chi connectivity index (χ1v) is 5.64. The normalized spacial score (nSPS) is 10.3. The SMILES string of the molecule is N#Cc1cnn2c(-c3ccccn3)cc(C(=O)O)nc12. The first kappa shape index (κ1) is 11.8. The molecule has 0 saturated heterocycles. The average Bonchev–Trinajstić information content (AvgIpc) is 2.90. The Morgan fingerprint density at radius 2 is 2.25 bits per heavy atom. The second-order valence-corrected chi connectivity index (χ2v) is 3.95. The fourth-order valence-electron chi connectivity index (χ4n) is 1.85. The second kappa shape index (κ2) is 4.44. The van der Waals surface area contributed by atoms with E-state index in [1.165, 1.54) is 16.8 Å². The van der Waals surface area contributed by atoms with Gasteiger partial charge < -0.3 is 5.11 Å². The number of carboxylic acids is 1. The summed E-state index contributed by atoms with van der Waals surface area (Å²) < 4.78 is 1.41. The van der Waals surface area contributed by atoms with E-state index in [0.717, 1.165) is 0 Å². The maximum absolute atomic E-state index is 11.2. The molecule has 0 fully saturated rings. The third-order valence-electron chi connectivity index (χ3n) is 2.74. The van der Waals surface area contributed by atoms with Gasteiger partial charge in [0.25, 0.3) is 0 Å². The van der Waals surface area contributed by atoms with Crippen LogP contribution in [-0.2, 0) is 0 Å². The number of fused-ring (bicyclic) bond motifs is 1. The zero-order chi connectivity index (χ0) is 14.1. The molecule has 3 aromatic heterocycles. The number of nitrogens with zero attached hydrogens (tertiary/aromatic N) is 5. The van der Waals surface area contributed by atoms with Crippen LogP contribution >= 0.6 is 0 Å². The number of hydrogen-bond acceptors (Lipinski definition) is 5. The Kier molecular flexibility index (Phi) is 2.62. The Bertz CT molecular complexity index is 848. The highest BCUT2D eigenvalue weighted by Crippen LogP contribution is 2.20. The minimum atomic E-state index is -1.17. The van der Waals surface area contributed by atoms with E-state index in [1.807, 2.05) is 6.07 Å². The molecular weight excluding hydrogens is 258 g/mol. The Balaban J connectivity index is 2.39. The molecule has 1 N–H and O–H groups in total.